The van der Waals surface area contributed by atoms with Gasteiger partial charge in [0.25, 0.3) is 0 Å². The molecule has 0 radical (unpaired) electrons. The molecular formula is C20H38O9. The van der Waals surface area contributed by atoms with Crippen molar-refractivity contribution in [2.24, 2.45) is 0 Å². The molecule has 1 fully saturated rings. The summed E-state index contributed by atoms with van der Waals surface area (Å²) in [5.41, 5.74) is 0. The molecule has 5 N–H and O–H groups in total. The van der Waals surface area contributed by atoms with Gasteiger partial charge in [0.2, 0.25) is 0 Å². The Balaban J connectivity index is 2.25. The number of aliphatic hydroxyl groups excluding tert-OH is 5. The molecule has 0 amide bonds. The molecule has 0 unspecified atom stereocenters. The normalized spacial score (nSPS) is 28.3. The van der Waals surface area contributed by atoms with E-state index in [2.05, 4.69) is 6.92 Å². The minimum Gasteiger partial charge on any atom is -0.463 e. The van der Waals surface area contributed by atoms with Gasteiger partial charge in [-0.05, 0) is 6.42 Å². The highest BCUT2D eigenvalue weighted by Gasteiger charge is 2.44. The van der Waals surface area contributed by atoms with Crippen LogP contribution < -0.4 is 0 Å². The molecule has 1 aliphatic rings. The highest BCUT2D eigenvalue weighted by atomic mass is 16.7. The first-order valence-electron chi connectivity index (χ1n) is 10.7. The molecule has 0 aromatic rings. The zero-order valence-electron chi connectivity index (χ0n) is 17.3. The van der Waals surface area contributed by atoms with Crippen LogP contribution in [0.25, 0.3) is 0 Å². The lowest BCUT2D eigenvalue weighted by atomic mass is 9.99. The van der Waals surface area contributed by atoms with E-state index in [9.17, 15) is 30.3 Å². The second-order valence-electron chi connectivity index (χ2n) is 7.55. The quantitative estimate of drug-likeness (QED) is 0.185. The number of hydrogen-bond donors (Lipinski definition) is 5. The maximum atomic E-state index is 11.8. The fourth-order valence-corrected chi connectivity index (χ4v) is 3.17. The Hall–Kier alpha value is -0.810. The van der Waals surface area contributed by atoms with Crippen LogP contribution in [0.4, 0.5) is 0 Å². The molecule has 0 spiro atoms. The van der Waals surface area contributed by atoms with Crippen LogP contribution in [-0.4, -0.2) is 88.1 Å². The molecule has 172 valence electrons. The number of aliphatic hydroxyl groups is 5. The number of rotatable bonds is 15. The zero-order valence-corrected chi connectivity index (χ0v) is 17.3. The van der Waals surface area contributed by atoms with Gasteiger partial charge < -0.3 is 39.7 Å². The van der Waals surface area contributed by atoms with Gasteiger partial charge in [0.1, 0.15) is 37.1 Å². The molecule has 0 aromatic carbocycles. The van der Waals surface area contributed by atoms with Crippen LogP contribution in [0.2, 0.25) is 0 Å². The van der Waals surface area contributed by atoms with Crippen molar-refractivity contribution in [3.05, 3.63) is 0 Å². The summed E-state index contributed by atoms with van der Waals surface area (Å²) < 4.78 is 15.7. The van der Waals surface area contributed by atoms with Gasteiger partial charge >= 0.3 is 5.97 Å². The van der Waals surface area contributed by atoms with E-state index < -0.39 is 56.0 Å². The summed E-state index contributed by atoms with van der Waals surface area (Å²) in [6.45, 7) is 0.867. The van der Waals surface area contributed by atoms with Gasteiger partial charge in [-0.3, -0.25) is 4.79 Å². The smallest absolute Gasteiger partial charge is 0.305 e. The van der Waals surface area contributed by atoms with Crippen molar-refractivity contribution in [3.63, 3.8) is 0 Å². The number of carbonyl (C=O) groups excluding carboxylic acids is 1. The van der Waals surface area contributed by atoms with Crippen LogP contribution in [0.1, 0.15) is 64.7 Å². The summed E-state index contributed by atoms with van der Waals surface area (Å²) in [6.07, 6.45) is 1.13. The molecule has 0 aliphatic carbocycles. The number of hydrogen-bond acceptors (Lipinski definition) is 9. The summed E-state index contributed by atoms with van der Waals surface area (Å²) >= 11 is 0. The van der Waals surface area contributed by atoms with Crippen molar-refractivity contribution in [1.29, 1.82) is 0 Å². The molecule has 29 heavy (non-hydrogen) atoms. The molecule has 6 atom stereocenters. The van der Waals surface area contributed by atoms with Gasteiger partial charge in [-0.2, -0.15) is 0 Å². The summed E-state index contributed by atoms with van der Waals surface area (Å²) in [4.78, 5) is 11.8. The maximum absolute atomic E-state index is 11.8. The molecular weight excluding hydrogens is 384 g/mol. The predicted octanol–water partition coefficient (Wildman–Crippen LogP) is 0.238. The van der Waals surface area contributed by atoms with Crippen LogP contribution in [0.3, 0.4) is 0 Å². The average molecular weight is 423 g/mol. The molecule has 1 aliphatic heterocycles. The van der Waals surface area contributed by atoms with Crippen LogP contribution >= 0.6 is 0 Å². The SMILES string of the molecule is CCCCCCCCCCC(=O)OC[C@@H](CO)O[C@@H]1O[C@H](CO)[C@H](O)[C@H](O)[C@H]1O. The molecule has 1 heterocycles. The molecule has 1 saturated heterocycles. The number of ether oxygens (including phenoxy) is 3. The third-order valence-corrected chi connectivity index (χ3v) is 5.04. The Kier molecular flexibility index (Phi) is 13.6. The highest BCUT2D eigenvalue weighted by Crippen LogP contribution is 2.23. The van der Waals surface area contributed by atoms with Crippen molar-refractivity contribution in [3.8, 4) is 0 Å². The number of unbranched alkanes of at least 4 members (excludes halogenated alkanes) is 7. The van der Waals surface area contributed by atoms with Gasteiger partial charge in [-0.1, -0.05) is 51.9 Å². The van der Waals surface area contributed by atoms with Gasteiger partial charge in [-0.25, -0.2) is 0 Å². The number of carbonyl (C=O) groups is 1. The molecule has 0 bridgehead atoms. The topological polar surface area (TPSA) is 146 Å². The van der Waals surface area contributed by atoms with E-state index in [1.54, 1.807) is 0 Å². The Morgan fingerprint density at radius 1 is 0.931 bits per heavy atom. The lowest BCUT2D eigenvalue weighted by molar-refractivity contribution is -0.315. The lowest BCUT2D eigenvalue weighted by Gasteiger charge is -2.40. The minimum absolute atomic E-state index is 0.235. The zero-order chi connectivity index (χ0) is 21.6. The first-order valence-corrected chi connectivity index (χ1v) is 10.7. The van der Waals surface area contributed by atoms with Crippen LogP contribution in [-0.2, 0) is 19.0 Å². The van der Waals surface area contributed by atoms with Gasteiger partial charge in [0.05, 0.1) is 13.2 Å². The van der Waals surface area contributed by atoms with Crippen molar-refractivity contribution < 1.29 is 44.5 Å². The van der Waals surface area contributed by atoms with Crippen molar-refractivity contribution in [2.45, 2.75) is 102 Å². The van der Waals surface area contributed by atoms with Gasteiger partial charge in [0, 0.05) is 6.42 Å². The second-order valence-corrected chi connectivity index (χ2v) is 7.55. The van der Waals surface area contributed by atoms with Crippen molar-refractivity contribution >= 4 is 5.97 Å². The standard InChI is InChI=1S/C20H38O9/c1-2-3-4-5-6-7-8-9-10-16(23)27-13-14(11-21)28-20-19(26)18(25)17(24)15(12-22)29-20/h14-15,17-22,24-26H,2-13H2,1H3/t14-,15-,17+,18+,19-,20-/m1/s1. The fourth-order valence-electron chi connectivity index (χ4n) is 3.17. The predicted molar refractivity (Wildman–Crippen MR) is 104 cm³/mol. The third-order valence-electron chi connectivity index (χ3n) is 5.04. The van der Waals surface area contributed by atoms with Crippen molar-refractivity contribution in [2.75, 3.05) is 19.8 Å². The molecule has 0 saturated carbocycles. The Morgan fingerprint density at radius 3 is 2.14 bits per heavy atom. The summed E-state index contributed by atoms with van der Waals surface area (Å²) in [5, 5.41) is 48.0. The number of esters is 1. The van der Waals surface area contributed by atoms with E-state index in [0.29, 0.717) is 0 Å². The van der Waals surface area contributed by atoms with Crippen LogP contribution in [0.15, 0.2) is 0 Å². The Morgan fingerprint density at radius 2 is 1.55 bits per heavy atom. The first kappa shape index (κ1) is 26.2. The summed E-state index contributed by atoms with van der Waals surface area (Å²) in [7, 11) is 0. The fraction of sp³-hybridized carbons (Fsp3) is 0.950. The Bertz CT molecular complexity index is 432. The maximum Gasteiger partial charge on any atom is 0.305 e. The minimum atomic E-state index is -1.57. The molecule has 1 rings (SSSR count). The van der Waals surface area contributed by atoms with E-state index in [-0.39, 0.29) is 13.0 Å². The van der Waals surface area contributed by atoms with E-state index in [1.807, 2.05) is 0 Å². The Labute approximate surface area is 172 Å². The van der Waals surface area contributed by atoms with Gasteiger partial charge in [0.15, 0.2) is 6.29 Å². The lowest BCUT2D eigenvalue weighted by Crippen LogP contribution is -2.60. The molecule has 0 aromatic heterocycles. The third kappa shape index (κ3) is 9.69. The van der Waals surface area contributed by atoms with E-state index in [4.69, 9.17) is 14.2 Å². The van der Waals surface area contributed by atoms with E-state index in [0.717, 1.165) is 19.3 Å². The van der Waals surface area contributed by atoms with Gasteiger partial charge in [-0.15, -0.1) is 0 Å². The van der Waals surface area contributed by atoms with E-state index in [1.165, 1.54) is 32.1 Å². The average Bonchev–Trinajstić information content (AvgIpc) is 2.72. The highest BCUT2D eigenvalue weighted by molar-refractivity contribution is 5.69. The molecule has 9 nitrogen and oxygen atoms in total. The second kappa shape index (κ2) is 15.1. The summed E-state index contributed by atoms with van der Waals surface area (Å²) in [6, 6.07) is 0. The van der Waals surface area contributed by atoms with Crippen molar-refractivity contribution in [1.82, 2.24) is 0 Å². The van der Waals surface area contributed by atoms with E-state index >= 15 is 0 Å². The first-order chi connectivity index (χ1) is 13.9. The largest absolute Gasteiger partial charge is 0.463 e. The molecule has 9 heteroatoms. The summed E-state index contributed by atoms with van der Waals surface area (Å²) in [5.74, 6) is -0.396. The monoisotopic (exact) mass is 422 g/mol. The van der Waals surface area contributed by atoms with Crippen LogP contribution in [0.5, 0.6) is 0 Å². The van der Waals surface area contributed by atoms with Crippen LogP contribution in [0, 0.1) is 0 Å².